The summed E-state index contributed by atoms with van der Waals surface area (Å²) in [5.74, 6) is -0.742. The van der Waals surface area contributed by atoms with Gasteiger partial charge in [-0.05, 0) is 11.5 Å². The second-order valence-electron chi connectivity index (χ2n) is 6.74. The Morgan fingerprint density at radius 1 is 1.25 bits per heavy atom. The fraction of sp³-hybridized carbons (Fsp3) is 0.300. The molecular formula is C20H21N3O4S. The molecule has 3 rings (SSSR count). The van der Waals surface area contributed by atoms with E-state index in [9.17, 15) is 14.4 Å². The van der Waals surface area contributed by atoms with Crippen molar-refractivity contribution >= 4 is 33.4 Å². The van der Waals surface area contributed by atoms with Crippen molar-refractivity contribution < 1.29 is 14.3 Å². The molecule has 8 heteroatoms. The Labute approximate surface area is 165 Å². The SMILES string of the molecule is CC(=O)NC(C(=O)OCc1nc2scc(-c3ccccc3)c2c(=O)[nH]1)C(C)C. The van der Waals surface area contributed by atoms with Crippen LogP contribution in [-0.2, 0) is 20.9 Å². The number of esters is 1. The average Bonchev–Trinajstić information content (AvgIpc) is 3.09. The highest BCUT2D eigenvalue weighted by molar-refractivity contribution is 7.17. The Bertz CT molecular complexity index is 1060. The smallest absolute Gasteiger partial charge is 0.329 e. The molecule has 3 aromatic rings. The van der Waals surface area contributed by atoms with Crippen LogP contribution in [0.4, 0.5) is 0 Å². The van der Waals surface area contributed by atoms with Crippen LogP contribution in [0.1, 0.15) is 26.6 Å². The molecule has 0 radical (unpaired) electrons. The molecule has 0 aliphatic rings. The summed E-state index contributed by atoms with van der Waals surface area (Å²) in [4.78, 5) is 43.8. The molecule has 2 aromatic heterocycles. The number of benzene rings is 1. The second-order valence-corrected chi connectivity index (χ2v) is 7.60. The van der Waals surface area contributed by atoms with Crippen LogP contribution in [0, 0.1) is 5.92 Å². The third-order valence-electron chi connectivity index (χ3n) is 4.21. The van der Waals surface area contributed by atoms with E-state index >= 15 is 0 Å². The number of carbonyl (C=O) groups is 2. The van der Waals surface area contributed by atoms with Crippen molar-refractivity contribution in [3.8, 4) is 11.1 Å². The Kier molecular flexibility index (Phi) is 5.89. The standard InChI is InChI=1S/C20H21N3O4S/c1-11(2)17(21-12(3)24)20(26)27-9-15-22-18(25)16-14(10-28-19(16)23-15)13-7-5-4-6-8-13/h4-8,10-11,17H,9H2,1-3H3,(H,21,24)(H,22,23,25). The van der Waals surface area contributed by atoms with Crippen LogP contribution in [0.3, 0.4) is 0 Å². The van der Waals surface area contributed by atoms with Gasteiger partial charge in [0.15, 0.2) is 0 Å². The number of hydrogen-bond acceptors (Lipinski definition) is 6. The number of carbonyl (C=O) groups excluding carboxylic acids is 2. The fourth-order valence-corrected chi connectivity index (χ4v) is 3.80. The van der Waals surface area contributed by atoms with Crippen LogP contribution in [0.2, 0.25) is 0 Å². The first kappa shape index (κ1) is 19.8. The van der Waals surface area contributed by atoms with E-state index < -0.39 is 12.0 Å². The lowest BCUT2D eigenvalue weighted by molar-refractivity contribution is -0.150. The quantitative estimate of drug-likeness (QED) is 0.621. The molecule has 0 aliphatic carbocycles. The largest absolute Gasteiger partial charge is 0.456 e. The van der Waals surface area contributed by atoms with Crippen molar-refractivity contribution in [1.82, 2.24) is 15.3 Å². The van der Waals surface area contributed by atoms with E-state index in [1.807, 2.05) is 49.6 Å². The van der Waals surface area contributed by atoms with Crippen molar-refractivity contribution in [2.45, 2.75) is 33.4 Å². The Morgan fingerprint density at radius 2 is 1.96 bits per heavy atom. The third kappa shape index (κ3) is 4.28. The minimum Gasteiger partial charge on any atom is -0.456 e. The van der Waals surface area contributed by atoms with Gasteiger partial charge in [-0.1, -0.05) is 44.2 Å². The van der Waals surface area contributed by atoms with Crippen molar-refractivity contribution in [3.63, 3.8) is 0 Å². The molecule has 1 aromatic carbocycles. The topological polar surface area (TPSA) is 101 Å². The summed E-state index contributed by atoms with van der Waals surface area (Å²) in [6.07, 6.45) is 0. The average molecular weight is 399 g/mol. The van der Waals surface area contributed by atoms with Crippen molar-refractivity contribution in [2.75, 3.05) is 0 Å². The van der Waals surface area contributed by atoms with E-state index in [2.05, 4.69) is 15.3 Å². The molecule has 2 heterocycles. The maximum atomic E-state index is 12.6. The number of rotatable bonds is 6. The van der Waals surface area contributed by atoms with Gasteiger partial charge in [-0.15, -0.1) is 11.3 Å². The molecule has 2 N–H and O–H groups in total. The highest BCUT2D eigenvalue weighted by atomic mass is 32.1. The molecule has 7 nitrogen and oxygen atoms in total. The Hall–Kier alpha value is -3.00. The number of amides is 1. The van der Waals surface area contributed by atoms with Crippen molar-refractivity contribution in [2.24, 2.45) is 5.92 Å². The molecule has 0 fully saturated rings. The number of nitrogens with one attached hydrogen (secondary N) is 2. The van der Waals surface area contributed by atoms with Crippen LogP contribution in [0.15, 0.2) is 40.5 Å². The normalized spacial score (nSPS) is 12.1. The number of fused-ring (bicyclic) bond motifs is 1. The summed E-state index contributed by atoms with van der Waals surface area (Å²) in [5.41, 5.74) is 1.48. The fourth-order valence-electron chi connectivity index (χ4n) is 2.84. The van der Waals surface area contributed by atoms with E-state index in [1.165, 1.54) is 18.3 Å². The van der Waals surface area contributed by atoms with E-state index in [4.69, 9.17) is 4.74 Å². The summed E-state index contributed by atoms with van der Waals surface area (Å²) in [6.45, 7) is 4.79. The molecule has 0 aliphatic heterocycles. The van der Waals surface area contributed by atoms with Gasteiger partial charge < -0.3 is 15.0 Å². The molecule has 0 saturated carbocycles. The van der Waals surface area contributed by atoms with Gasteiger partial charge in [0.25, 0.3) is 5.56 Å². The van der Waals surface area contributed by atoms with Gasteiger partial charge in [0, 0.05) is 17.9 Å². The number of thiophene rings is 1. The lowest BCUT2D eigenvalue weighted by Gasteiger charge is -2.19. The summed E-state index contributed by atoms with van der Waals surface area (Å²) >= 11 is 1.36. The van der Waals surface area contributed by atoms with Crippen LogP contribution in [0.5, 0.6) is 0 Å². The zero-order chi connectivity index (χ0) is 20.3. The number of aromatic nitrogens is 2. The predicted octanol–water partition coefficient (Wildman–Crippen LogP) is 2.86. The number of H-pyrrole nitrogens is 1. The number of hydrogen-bond donors (Lipinski definition) is 2. The maximum absolute atomic E-state index is 12.6. The molecule has 1 amide bonds. The number of ether oxygens (including phenoxy) is 1. The van der Waals surface area contributed by atoms with E-state index in [-0.39, 0.29) is 29.8 Å². The highest BCUT2D eigenvalue weighted by Crippen LogP contribution is 2.30. The molecule has 1 atom stereocenters. The van der Waals surface area contributed by atoms with Crippen LogP contribution < -0.4 is 10.9 Å². The molecule has 0 bridgehead atoms. The lowest BCUT2D eigenvalue weighted by atomic mass is 10.0. The van der Waals surface area contributed by atoms with Crippen molar-refractivity contribution in [3.05, 3.63) is 51.9 Å². The zero-order valence-electron chi connectivity index (χ0n) is 15.8. The van der Waals surface area contributed by atoms with Gasteiger partial charge >= 0.3 is 5.97 Å². The Balaban J connectivity index is 1.81. The molecule has 0 saturated heterocycles. The van der Waals surface area contributed by atoms with E-state index in [0.717, 1.165) is 11.1 Å². The maximum Gasteiger partial charge on any atom is 0.329 e. The summed E-state index contributed by atoms with van der Waals surface area (Å²) in [7, 11) is 0. The van der Waals surface area contributed by atoms with Crippen molar-refractivity contribution in [1.29, 1.82) is 0 Å². The summed E-state index contributed by atoms with van der Waals surface area (Å²) in [6, 6.07) is 8.86. The second kappa shape index (κ2) is 8.35. The monoisotopic (exact) mass is 399 g/mol. The predicted molar refractivity (Wildman–Crippen MR) is 108 cm³/mol. The van der Waals surface area contributed by atoms with Gasteiger partial charge in [-0.3, -0.25) is 9.59 Å². The van der Waals surface area contributed by atoms with Gasteiger partial charge in [0.05, 0.1) is 5.39 Å². The number of aromatic amines is 1. The zero-order valence-corrected chi connectivity index (χ0v) is 16.6. The van der Waals surface area contributed by atoms with Crippen LogP contribution >= 0.6 is 11.3 Å². The summed E-state index contributed by atoms with van der Waals surface area (Å²) in [5, 5.41) is 4.98. The first-order chi connectivity index (χ1) is 13.4. The first-order valence-electron chi connectivity index (χ1n) is 8.86. The van der Waals surface area contributed by atoms with Gasteiger partial charge in [0.1, 0.15) is 23.3 Å². The van der Waals surface area contributed by atoms with Gasteiger partial charge in [-0.25, -0.2) is 9.78 Å². The van der Waals surface area contributed by atoms with Crippen LogP contribution in [-0.4, -0.2) is 27.9 Å². The minimum absolute atomic E-state index is 0.128. The molecule has 1 unspecified atom stereocenters. The molecular weight excluding hydrogens is 378 g/mol. The van der Waals surface area contributed by atoms with Gasteiger partial charge in [0.2, 0.25) is 5.91 Å². The lowest BCUT2D eigenvalue weighted by Crippen LogP contribution is -2.44. The Morgan fingerprint density at radius 3 is 2.61 bits per heavy atom. The third-order valence-corrected chi connectivity index (χ3v) is 5.08. The van der Waals surface area contributed by atoms with E-state index in [0.29, 0.717) is 10.2 Å². The number of nitrogens with zero attached hydrogens (tertiary/aromatic N) is 1. The van der Waals surface area contributed by atoms with Gasteiger partial charge in [-0.2, -0.15) is 0 Å². The highest BCUT2D eigenvalue weighted by Gasteiger charge is 2.25. The molecule has 28 heavy (non-hydrogen) atoms. The minimum atomic E-state index is -0.751. The summed E-state index contributed by atoms with van der Waals surface area (Å²) < 4.78 is 5.27. The molecule has 146 valence electrons. The van der Waals surface area contributed by atoms with Crippen LogP contribution in [0.25, 0.3) is 21.3 Å². The van der Waals surface area contributed by atoms with E-state index in [1.54, 1.807) is 0 Å². The first-order valence-corrected chi connectivity index (χ1v) is 9.74. The molecule has 0 spiro atoms.